The van der Waals surface area contributed by atoms with Crippen LogP contribution >= 0.6 is 0 Å². The lowest BCUT2D eigenvalue weighted by Gasteiger charge is -2.44. The van der Waals surface area contributed by atoms with Gasteiger partial charge in [0.05, 0.1) is 27.5 Å². The molecule has 298 valence electrons. The molecule has 2 heterocycles. The van der Waals surface area contributed by atoms with Gasteiger partial charge in [0.2, 0.25) is 0 Å². The van der Waals surface area contributed by atoms with Gasteiger partial charge in [-0.05, 0) is 61.1 Å². The molecule has 0 aliphatic rings. The van der Waals surface area contributed by atoms with E-state index in [2.05, 4.69) is 36.4 Å². The maximum absolute atomic E-state index is 12.3. The lowest BCUT2D eigenvalue weighted by atomic mass is 9.68. The molecule has 1 N–H and O–H groups in total. The Kier molecular flexibility index (Phi) is 16.3. The highest BCUT2D eigenvalue weighted by Gasteiger charge is 2.49. The summed E-state index contributed by atoms with van der Waals surface area (Å²) in [6.07, 6.45) is 5.50. The van der Waals surface area contributed by atoms with Crippen LogP contribution in [0, 0.1) is 17.3 Å². The van der Waals surface area contributed by atoms with Crippen molar-refractivity contribution in [2.75, 3.05) is 0 Å². The van der Waals surface area contributed by atoms with Crippen molar-refractivity contribution in [1.82, 2.24) is 0 Å². The number of carboxylic acid groups (broad SMARTS) is 2. The van der Waals surface area contributed by atoms with Gasteiger partial charge in [-0.15, -0.1) is 0 Å². The van der Waals surface area contributed by atoms with Crippen LogP contribution in [0.25, 0.3) is 43.9 Å². The molecule has 6 rings (SSSR count). The monoisotopic (exact) mass is 782 g/mol. The van der Waals surface area contributed by atoms with Crippen molar-refractivity contribution in [3.63, 3.8) is 0 Å². The van der Waals surface area contributed by atoms with Crippen LogP contribution in [0.2, 0.25) is 0 Å². The third kappa shape index (κ3) is 11.6. The van der Waals surface area contributed by atoms with Gasteiger partial charge in [0.1, 0.15) is 5.25 Å². The molecule has 0 saturated heterocycles. The maximum Gasteiger partial charge on any atom is 0.360 e. The fourth-order valence-electron chi connectivity index (χ4n) is 7.46. The van der Waals surface area contributed by atoms with E-state index in [-0.39, 0.29) is 24.7 Å². The molecule has 0 radical (unpaired) electrons. The van der Waals surface area contributed by atoms with Crippen LogP contribution in [0.3, 0.4) is 0 Å². The summed E-state index contributed by atoms with van der Waals surface area (Å²) in [5, 5.41) is 26.0. The van der Waals surface area contributed by atoms with E-state index in [1.807, 2.05) is 100 Å². The summed E-state index contributed by atoms with van der Waals surface area (Å²) in [5.41, 5.74) is 1.52. The lowest BCUT2D eigenvalue weighted by molar-refractivity contribution is -0.329. The first-order valence-corrected chi connectivity index (χ1v) is 21.2. The van der Waals surface area contributed by atoms with Crippen LogP contribution in [0.15, 0.2) is 118 Å². The van der Waals surface area contributed by atoms with Crippen LogP contribution in [-0.4, -0.2) is 30.2 Å². The number of para-hydroxylation sites is 4. The van der Waals surface area contributed by atoms with Gasteiger partial charge in [0.25, 0.3) is 10.1 Å². The van der Waals surface area contributed by atoms with Crippen molar-refractivity contribution in [1.29, 1.82) is 0 Å². The Labute approximate surface area is 330 Å². The van der Waals surface area contributed by atoms with Gasteiger partial charge in [-0.2, -0.15) is 8.42 Å². The highest BCUT2D eigenvalue weighted by Crippen LogP contribution is 2.43. The summed E-state index contributed by atoms with van der Waals surface area (Å²) < 4.78 is 45.0. The van der Waals surface area contributed by atoms with Crippen LogP contribution in [0.1, 0.15) is 91.9 Å². The number of hydrogen-bond donors (Lipinski definition) is 1. The smallest absolute Gasteiger partial charge is 0.360 e. The van der Waals surface area contributed by atoms with Gasteiger partial charge in [0, 0.05) is 35.6 Å². The number of carbonyl (C=O) groups excluding carboxylic acids is 2. The zero-order valence-corrected chi connectivity index (χ0v) is 33.6. The highest BCUT2D eigenvalue weighted by molar-refractivity contribution is 7.87. The number of unbranched alkanes of at least 4 members (excludes halogenated alkanes) is 2. The summed E-state index contributed by atoms with van der Waals surface area (Å²) in [4.78, 5) is 24.0. The fourth-order valence-corrected chi connectivity index (χ4v) is 8.57. The molecule has 0 amide bonds. The molecular weight excluding hydrogens is 729 g/mol. The van der Waals surface area contributed by atoms with Gasteiger partial charge in [-0.3, -0.25) is 4.55 Å². The first-order chi connectivity index (χ1) is 26.9. The van der Waals surface area contributed by atoms with E-state index >= 15 is 0 Å². The predicted octanol–water partition coefficient (Wildman–Crippen LogP) is 9.68. The summed E-state index contributed by atoms with van der Waals surface area (Å²) in [5.74, 6) is -4.22. The number of aliphatic carboxylic acids is 2. The Morgan fingerprint density at radius 2 is 0.929 bits per heavy atom. The number of hydrogen-bond acceptors (Lipinski definition) is 6. The number of carboxylic acids is 2. The molecule has 10 heteroatoms. The first-order valence-electron chi connectivity index (χ1n) is 19.7. The van der Waals surface area contributed by atoms with E-state index in [1.165, 1.54) is 0 Å². The largest absolute Gasteiger partial charge is 0.549 e. The molecule has 0 fully saturated rings. The second-order valence-electron chi connectivity index (χ2n) is 14.5. The van der Waals surface area contributed by atoms with E-state index in [4.69, 9.17) is 8.83 Å². The Balaban J connectivity index is 0.000000204. The quantitative estimate of drug-likeness (QED) is 0.0573. The average Bonchev–Trinajstić information content (AvgIpc) is 3.18. The van der Waals surface area contributed by atoms with Crippen LogP contribution in [0.4, 0.5) is 0 Å². The molecule has 0 spiro atoms. The highest BCUT2D eigenvalue weighted by atomic mass is 32.2. The van der Waals surface area contributed by atoms with Gasteiger partial charge in [0.15, 0.2) is 0 Å². The van der Waals surface area contributed by atoms with E-state index < -0.39 is 32.7 Å². The Bertz CT molecular complexity index is 1960. The predicted molar refractivity (Wildman–Crippen MR) is 220 cm³/mol. The van der Waals surface area contributed by atoms with Gasteiger partial charge in [-0.1, -0.05) is 128 Å². The minimum Gasteiger partial charge on any atom is -0.549 e. The number of carbonyl (C=O) groups is 2. The normalized spacial score (nSPS) is 14.2. The standard InChI is InChI=1S/C20H38O7S.2C13H9O/c1-5-9-11-15(7-3)13-20(19(23)24,14-16(8-4)12-10-6-2)17(18(21)22)28(25,26)27;2*1-3-7-12-10(5-1)9-11-6-2-4-8-13(11)14-12/h15-17H,5-14H2,1-4H3,(H,21,22)(H,23,24)(H,25,26,27);2*1-9H/q;2*+1/p-2. The van der Waals surface area contributed by atoms with Gasteiger partial charge in [-0.25, -0.2) is 8.83 Å². The van der Waals surface area contributed by atoms with E-state index in [0.717, 1.165) is 69.6 Å². The molecule has 6 aromatic rings. The molecule has 0 aliphatic carbocycles. The van der Waals surface area contributed by atoms with Crippen LogP contribution < -0.4 is 10.2 Å². The van der Waals surface area contributed by atoms with Crippen molar-refractivity contribution in [2.45, 2.75) is 97.2 Å². The summed E-state index contributed by atoms with van der Waals surface area (Å²) in [6.45, 7) is 7.68. The summed E-state index contributed by atoms with van der Waals surface area (Å²) in [6, 6.07) is 36.5. The van der Waals surface area contributed by atoms with E-state index in [1.54, 1.807) is 0 Å². The summed E-state index contributed by atoms with van der Waals surface area (Å²) in [7, 11) is -5.20. The molecule has 4 aromatic carbocycles. The molecule has 3 atom stereocenters. The molecule has 2 aromatic heterocycles. The van der Waals surface area contributed by atoms with Gasteiger partial charge < -0.3 is 19.8 Å². The minimum absolute atomic E-state index is 0.174. The molecule has 3 unspecified atom stereocenters. The Hall–Kier alpha value is -4.93. The molecule has 9 nitrogen and oxygen atoms in total. The number of benzene rings is 4. The van der Waals surface area contributed by atoms with Crippen molar-refractivity contribution in [3.05, 3.63) is 109 Å². The number of rotatable bonds is 16. The zero-order valence-electron chi connectivity index (χ0n) is 32.8. The third-order valence-corrected chi connectivity index (χ3v) is 11.8. The maximum atomic E-state index is 12.3. The molecular formula is C46H54O9S. The average molecular weight is 783 g/mol. The second kappa shape index (κ2) is 20.8. The molecule has 56 heavy (non-hydrogen) atoms. The molecule has 0 bridgehead atoms. The molecule has 0 saturated carbocycles. The zero-order chi connectivity index (χ0) is 40.7. The van der Waals surface area contributed by atoms with Crippen LogP contribution in [-0.2, 0) is 19.7 Å². The first kappa shape index (κ1) is 43.8. The van der Waals surface area contributed by atoms with Gasteiger partial charge >= 0.3 is 22.3 Å². The van der Waals surface area contributed by atoms with Crippen molar-refractivity contribution >= 4 is 65.9 Å². The Morgan fingerprint density at radius 1 is 0.607 bits per heavy atom. The fraction of sp³-hybridized carbons (Fsp3) is 0.391. The topological polar surface area (TPSA) is 157 Å². The van der Waals surface area contributed by atoms with Crippen LogP contribution in [0.5, 0.6) is 0 Å². The molecule has 0 aliphatic heterocycles. The van der Waals surface area contributed by atoms with E-state index in [0.29, 0.717) is 25.7 Å². The van der Waals surface area contributed by atoms with Crippen molar-refractivity contribution < 1.29 is 41.6 Å². The second-order valence-corrected chi connectivity index (χ2v) is 16.0. The summed E-state index contributed by atoms with van der Waals surface area (Å²) >= 11 is 0. The van der Waals surface area contributed by atoms with E-state index in [9.17, 15) is 32.8 Å². The van der Waals surface area contributed by atoms with Crippen molar-refractivity contribution in [2.24, 2.45) is 17.3 Å². The third-order valence-electron chi connectivity index (χ3n) is 10.6. The lowest BCUT2D eigenvalue weighted by Crippen LogP contribution is -2.60. The Morgan fingerprint density at radius 3 is 1.18 bits per heavy atom. The SMILES string of the molecule is CCCCC(CC)CC(CC(CC)CCCC)(C(=O)[O-])C(C(=O)[O-])S(=O)(=O)O.c1ccc2[o+]c3ccccc3cc2c1.c1ccc2[o+]c3ccccc3cc2c1. The van der Waals surface area contributed by atoms with Crippen molar-refractivity contribution in [3.8, 4) is 0 Å². The number of fused-ring (bicyclic) bond motifs is 4. The minimum atomic E-state index is -5.20.